The summed E-state index contributed by atoms with van der Waals surface area (Å²) in [6.45, 7) is 9.04. The van der Waals surface area contributed by atoms with Gasteiger partial charge in [0.2, 0.25) is 5.91 Å². The van der Waals surface area contributed by atoms with E-state index in [0.29, 0.717) is 18.5 Å². The summed E-state index contributed by atoms with van der Waals surface area (Å²) in [4.78, 5) is 10.7. The summed E-state index contributed by atoms with van der Waals surface area (Å²) in [5.41, 5.74) is 5.15. The molecule has 0 aromatic rings. The lowest BCUT2D eigenvalue weighted by atomic mass is 10.0. The average Bonchev–Trinajstić information content (AvgIpc) is 2.11. The number of carbonyl (C=O) groups is 1. The summed E-state index contributed by atoms with van der Waals surface area (Å²) in [6, 6.07) is 0.451. The number of nitrogens with two attached hydrogens (primary N) is 1. The molecule has 1 amide bonds. The van der Waals surface area contributed by atoms with E-state index < -0.39 is 0 Å². The molecule has 3 atom stereocenters. The van der Waals surface area contributed by atoms with Crippen LogP contribution in [0.1, 0.15) is 34.1 Å². The summed E-state index contributed by atoms with van der Waals surface area (Å²) < 4.78 is 0. The van der Waals surface area contributed by atoms with Crippen molar-refractivity contribution in [2.24, 2.45) is 17.6 Å². The van der Waals surface area contributed by atoms with Gasteiger partial charge in [0.1, 0.15) is 0 Å². The maximum Gasteiger partial charge on any atom is 0.221 e. The molecule has 0 saturated carbocycles. The van der Waals surface area contributed by atoms with E-state index in [1.807, 2.05) is 6.92 Å². The Bertz CT molecular complexity index is 159. The van der Waals surface area contributed by atoms with Gasteiger partial charge in [0.25, 0.3) is 0 Å². The predicted octanol–water partition coefficient (Wildman–Crippen LogP) is 1.13. The van der Waals surface area contributed by atoms with E-state index in [0.717, 1.165) is 6.42 Å². The zero-order chi connectivity index (χ0) is 10.4. The van der Waals surface area contributed by atoms with Gasteiger partial charge in [0, 0.05) is 18.5 Å². The molecule has 3 N–H and O–H groups in total. The first-order chi connectivity index (χ1) is 5.99. The van der Waals surface area contributed by atoms with Crippen molar-refractivity contribution >= 4 is 5.91 Å². The summed E-state index contributed by atoms with van der Waals surface area (Å²) >= 11 is 0. The second-order valence-electron chi connectivity index (χ2n) is 3.89. The van der Waals surface area contributed by atoms with E-state index in [-0.39, 0.29) is 11.8 Å². The minimum Gasteiger partial charge on any atom is -0.369 e. The summed E-state index contributed by atoms with van der Waals surface area (Å²) in [5, 5.41) is 3.31. The first-order valence-electron chi connectivity index (χ1n) is 5.01. The van der Waals surface area contributed by atoms with Crippen LogP contribution in [0.15, 0.2) is 0 Å². The van der Waals surface area contributed by atoms with E-state index in [9.17, 15) is 4.79 Å². The average molecular weight is 186 g/mol. The minimum atomic E-state index is -0.233. The zero-order valence-corrected chi connectivity index (χ0v) is 9.13. The van der Waals surface area contributed by atoms with Gasteiger partial charge in [-0.25, -0.2) is 0 Å². The van der Waals surface area contributed by atoms with Crippen LogP contribution in [-0.2, 0) is 4.79 Å². The summed E-state index contributed by atoms with van der Waals surface area (Å²) in [5.74, 6) is 0.329. The third-order valence-electron chi connectivity index (χ3n) is 2.73. The topological polar surface area (TPSA) is 55.1 Å². The Balaban J connectivity index is 3.69. The van der Waals surface area contributed by atoms with Crippen molar-refractivity contribution in [3.8, 4) is 0 Å². The van der Waals surface area contributed by atoms with Gasteiger partial charge in [-0.05, 0) is 12.8 Å². The first kappa shape index (κ1) is 12.4. The molecule has 0 spiro atoms. The fourth-order valence-corrected chi connectivity index (χ4v) is 1.02. The molecule has 0 radical (unpaired) electrons. The van der Waals surface area contributed by atoms with E-state index in [4.69, 9.17) is 5.73 Å². The number of nitrogens with one attached hydrogen (secondary N) is 1. The van der Waals surface area contributed by atoms with Crippen LogP contribution < -0.4 is 11.1 Å². The second-order valence-corrected chi connectivity index (χ2v) is 3.89. The predicted molar refractivity (Wildman–Crippen MR) is 55.3 cm³/mol. The molecule has 0 rings (SSSR count). The van der Waals surface area contributed by atoms with Gasteiger partial charge in [-0.2, -0.15) is 0 Å². The third kappa shape index (κ3) is 4.88. The van der Waals surface area contributed by atoms with Crippen LogP contribution in [0.5, 0.6) is 0 Å². The van der Waals surface area contributed by atoms with Crippen LogP contribution in [0.2, 0.25) is 0 Å². The van der Waals surface area contributed by atoms with Crippen molar-refractivity contribution in [2.45, 2.75) is 40.2 Å². The Kier molecular flexibility index (Phi) is 5.71. The quantitative estimate of drug-likeness (QED) is 0.653. The van der Waals surface area contributed by atoms with Gasteiger partial charge in [-0.15, -0.1) is 0 Å². The summed E-state index contributed by atoms with van der Waals surface area (Å²) in [7, 11) is 0. The molecular weight excluding hydrogens is 164 g/mol. The number of primary amides is 1. The lowest BCUT2D eigenvalue weighted by molar-refractivity contribution is -0.121. The van der Waals surface area contributed by atoms with Gasteiger partial charge < -0.3 is 11.1 Å². The number of hydrogen-bond donors (Lipinski definition) is 2. The van der Waals surface area contributed by atoms with Crippen LogP contribution in [0.4, 0.5) is 0 Å². The first-order valence-corrected chi connectivity index (χ1v) is 5.01. The van der Waals surface area contributed by atoms with Crippen molar-refractivity contribution in [3.05, 3.63) is 0 Å². The van der Waals surface area contributed by atoms with Gasteiger partial charge in [0.05, 0.1) is 0 Å². The fourth-order valence-electron chi connectivity index (χ4n) is 1.02. The molecular formula is C10H22N2O. The van der Waals surface area contributed by atoms with Gasteiger partial charge >= 0.3 is 0 Å². The highest BCUT2D eigenvalue weighted by Gasteiger charge is 2.13. The molecule has 3 heteroatoms. The number of hydrogen-bond acceptors (Lipinski definition) is 2. The molecule has 0 saturated heterocycles. The van der Waals surface area contributed by atoms with Crippen LogP contribution in [0.3, 0.4) is 0 Å². The lowest BCUT2D eigenvalue weighted by Gasteiger charge is -2.21. The smallest absolute Gasteiger partial charge is 0.221 e. The highest BCUT2D eigenvalue weighted by molar-refractivity contribution is 5.76. The standard InChI is InChI=1S/C10H22N2O/c1-5-7(2)9(4)12-6-8(3)10(11)13/h7-9,12H,5-6H2,1-4H3,(H2,11,13). The molecule has 0 aliphatic heterocycles. The molecule has 0 aromatic carbocycles. The van der Waals surface area contributed by atoms with Crippen molar-refractivity contribution in [1.82, 2.24) is 5.32 Å². The van der Waals surface area contributed by atoms with E-state index in [1.54, 1.807) is 0 Å². The van der Waals surface area contributed by atoms with Crippen molar-refractivity contribution in [2.75, 3.05) is 6.54 Å². The molecule has 0 aliphatic carbocycles. The maximum atomic E-state index is 10.7. The SMILES string of the molecule is CCC(C)C(C)NCC(C)C(N)=O. The van der Waals surface area contributed by atoms with Crippen LogP contribution in [0.25, 0.3) is 0 Å². The Morgan fingerprint density at radius 3 is 2.31 bits per heavy atom. The number of amides is 1. The van der Waals surface area contributed by atoms with Gasteiger partial charge in [-0.1, -0.05) is 27.2 Å². The maximum absolute atomic E-state index is 10.7. The van der Waals surface area contributed by atoms with Gasteiger partial charge in [0.15, 0.2) is 0 Å². The molecule has 0 aromatic heterocycles. The second kappa shape index (κ2) is 5.97. The molecule has 78 valence electrons. The fraction of sp³-hybridized carbons (Fsp3) is 0.900. The molecule has 3 unspecified atom stereocenters. The molecule has 0 aliphatic rings. The Labute approximate surface area is 81.1 Å². The van der Waals surface area contributed by atoms with E-state index in [2.05, 4.69) is 26.1 Å². The third-order valence-corrected chi connectivity index (χ3v) is 2.73. The minimum absolute atomic E-state index is 0.0773. The van der Waals surface area contributed by atoms with Crippen molar-refractivity contribution in [3.63, 3.8) is 0 Å². The zero-order valence-electron chi connectivity index (χ0n) is 9.13. The number of rotatable bonds is 6. The Hall–Kier alpha value is -0.570. The monoisotopic (exact) mass is 186 g/mol. The molecule has 0 fully saturated rings. The van der Waals surface area contributed by atoms with E-state index in [1.165, 1.54) is 0 Å². The molecule has 0 bridgehead atoms. The van der Waals surface area contributed by atoms with Gasteiger partial charge in [-0.3, -0.25) is 4.79 Å². The Morgan fingerprint density at radius 2 is 1.92 bits per heavy atom. The highest BCUT2D eigenvalue weighted by Crippen LogP contribution is 2.06. The van der Waals surface area contributed by atoms with Crippen LogP contribution in [0, 0.1) is 11.8 Å². The molecule has 13 heavy (non-hydrogen) atoms. The van der Waals surface area contributed by atoms with Crippen LogP contribution >= 0.6 is 0 Å². The van der Waals surface area contributed by atoms with Crippen LogP contribution in [-0.4, -0.2) is 18.5 Å². The Morgan fingerprint density at radius 1 is 1.38 bits per heavy atom. The number of carbonyl (C=O) groups excluding carboxylic acids is 1. The summed E-state index contributed by atoms with van der Waals surface area (Å²) in [6.07, 6.45) is 1.15. The molecule has 3 nitrogen and oxygen atoms in total. The van der Waals surface area contributed by atoms with E-state index >= 15 is 0 Å². The normalized spacial score (nSPS) is 17.8. The van der Waals surface area contributed by atoms with Crippen molar-refractivity contribution < 1.29 is 4.79 Å². The largest absolute Gasteiger partial charge is 0.369 e. The lowest BCUT2D eigenvalue weighted by Crippen LogP contribution is -2.38. The highest BCUT2D eigenvalue weighted by atomic mass is 16.1. The van der Waals surface area contributed by atoms with Crippen molar-refractivity contribution in [1.29, 1.82) is 0 Å². The molecule has 0 heterocycles.